The minimum absolute atomic E-state index is 0.0161. The lowest BCUT2D eigenvalue weighted by Gasteiger charge is -2.15. The molecule has 1 aromatic carbocycles. The summed E-state index contributed by atoms with van der Waals surface area (Å²) in [6, 6.07) is 4.24. The molecule has 128 valence electrons. The summed E-state index contributed by atoms with van der Waals surface area (Å²) < 4.78 is 42.1. The first-order valence-electron chi connectivity index (χ1n) is 7.95. The fourth-order valence-electron chi connectivity index (χ4n) is 3.75. The number of benzene rings is 1. The minimum Gasteiger partial charge on any atom is -0.239 e. The topological polar surface area (TPSA) is 55.2 Å². The number of hydrogen-bond donors (Lipinski definition) is 0. The van der Waals surface area contributed by atoms with Gasteiger partial charge in [0, 0.05) is 19.2 Å². The summed E-state index contributed by atoms with van der Waals surface area (Å²) in [5.41, 5.74) is 0.427. The van der Waals surface area contributed by atoms with Crippen molar-refractivity contribution in [1.82, 2.24) is 14.1 Å². The van der Waals surface area contributed by atoms with Crippen LogP contribution < -0.4 is 0 Å². The van der Waals surface area contributed by atoms with E-state index in [0.29, 0.717) is 30.6 Å². The smallest absolute Gasteiger partial charge is 0.239 e. The van der Waals surface area contributed by atoms with Crippen LogP contribution in [-0.4, -0.2) is 35.6 Å². The predicted octanol–water partition coefficient (Wildman–Crippen LogP) is 3.09. The Kier molecular flexibility index (Phi) is 3.89. The second-order valence-corrected chi connectivity index (χ2v) is 8.84. The van der Waals surface area contributed by atoms with E-state index in [1.165, 1.54) is 35.6 Å². The Morgan fingerprint density at radius 1 is 1.21 bits per heavy atom. The van der Waals surface area contributed by atoms with E-state index < -0.39 is 15.8 Å². The molecule has 0 amide bonds. The molecule has 1 saturated carbocycles. The molecule has 1 aliphatic carbocycles. The zero-order chi connectivity index (χ0) is 16.9. The Morgan fingerprint density at radius 3 is 2.58 bits per heavy atom. The van der Waals surface area contributed by atoms with E-state index in [0.717, 1.165) is 12.8 Å². The third-order valence-corrected chi connectivity index (χ3v) is 7.15. The van der Waals surface area contributed by atoms with Crippen molar-refractivity contribution in [1.29, 1.82) is 0 Å². The first-order valence-corrected chi connectivity index (χ1v) is 9.77. The summed E-state index contributed by atoms with van der Waals surface area (Å²) in [4.78, 5) is 0.137. The minimum atomic E-state index is -3.56. The molecular formula is C16H17ClFN3O2S. The van der Waals surface area contributed by atoms with E-state index in [-0.39, 0.29) is 9.92 Å². The van der Waals surface area contributed by atoms with Gasteiger partial charge in [0.25, 0.3) is 0 Å². The van der Waals surface area contributed by atoms with Crippen molar-refractivity contribution in [2.24, 2.45) is 11.8 Å². The highest BCUT2D eigenvalue weighted by atomic mass is 35.5. The van der Waals surface area contributed by atoms with E-state index in [9.17, 15) is 12.8 Å². The van der Waals surface area contributed by atoms with Crippen molar-refractivity contribution in [2.75, 3.05) is 13.1 Å². The molecule has 1 saturated heterocycles. The molecule has 5 nitrogen and oxygen atoms in total. The van der Waals surface area contributed by atoms with Crippen molar-refractivity contribution >= 4 is 21.6 Å². The van der Waals surface area contributed by atoms with Crippen LogP contribution in [0.5, 0.6) is 0 Å². The Hall–Kier alpha value is -1.44. The highest BCUT2D eigenvalue weighted by Gasteiger charge is 2.41. The van der Waals surface area contributed by atoms with E-state index in [1.807, 2.05) is 0 Å². The maximum atomic E-state index is 13.6. The quantitative estimate of drug-likeness (QED) is 0.835. The Morgan fingerprint density at radius 2 is 1.92 bits per heavy atom. The summed E-state index contributed by atoms with van der Waals surface area (Å²) >= 11 is 5.67. The second kappa shape index (κ2) is 5.82. The van der Waals surface area contributed by atoms with Crippen LogP contribution in [-0.2, 0) is 10.0 Å². The van der Waals surface area contributed by atoms with Gasteiger partial charge in [0.15, 0.2) is 0 Å². The average molecular weight is 370 g/mol. The molecule has 1 aliphatic heterocycles. The molecule has 4 rings (SSSR count). The van der Waals surface area contributed by atoms with Crippen LogP contribution in [0.2, 0.25) is 5.02 Å². The third kappa shape index (κ3) is 2.64. The number of nitrogens with zero attached hydrogens (tertiary/aromatic N) is 3. The molecule has 0 radical (unpaired) electrons. The van der Waals surface area contributed by atoms with E-state index >= 15 is 0 Å². The fourth-order valence-corrected chi connectivity index (χ4v) is 5.35. The lowest BCUT2D eigenvalue weighted by Crippen LogP contribution is -2.29. The highest BCUT2D eigenvalue weighted by Crippen LogP contribution is 2.39. The number of rotatable bonds is 3. The standard InChI is InChI=1S/C16H17ClFN3O2S/c17-15-5-4-13(6-16(15)18)21-10-14(7-19-21)24(22,23)20-8-11-2-1-3-12(11)9-20/h4-7,10-12H,1-3,8-9H2/t11-,12+. The van der Waals surface area contributed by atoms with Crippen molar-refractivity contribution in [3.8, 4) is 5.69 Å². The van der Waals surface area contributed by atoms with Crippen LogP contribution in [0.15, 0.2) is 35.5 Å². The molecule has 8 heteroatoms. The monoisotopic (exact) mass is 369 g/mol. The average Bonchev–Trinajstić information content (AvgIpc) is 3.24. The summed E-state index contributed by atoms with van der Waals surface area (Å²) in [5.74, 6) is 0.404. The number of sulfonamides is 1. The van der Waals surface area contributed by atoms with Gasteiger partial charge in [-0.3, -0.25) is 0 Å². The van der Waals surface area contributed by atoms with Crippen LogP contribution in [0.1, 0.15) is 19.3 Å². The summed E-state index contributed by atoms with van der Waals surface area (Å²) in [6.45, 7) is 1.18. The Balaban J connectivity index is 1.61. The molecule has 2 atom stereocenters. The van der Waals surface area contributed by atoms with Gasteiger partial charge in [0.2, 0.25) is 10.0 Å². The normalized spacial score (nSPS) is 24.4. The van der Waals surface area contributed by atoms with Gasteiger partial charge in [-0.05, 0) is 36.8 Å². The van der Waals surface area contributed by atoms with Gasteiger partial charge >= 0.3 is 0 Å². The molecule has 0 bridgehead atoms. The first-order chi connectivity index (χ1) is 11.4. The van der Waals surface area contributed by atoms with Crippen molar-refractivity contribution in [3.63, 3.8) is 0 Å². The van der Waals surface area contributed by atoms with Crippen LogP contribution >= 0.6 is 11.6 Å². The van der Waals surface area contributed by atoms with Crippen molar-refractivity contribution in [2.45, 2.75) is 24.2 Å². The number of hydrogen-bond acceptors (Lipinski definition) is 3. The first kappa shape index (κ1) is 16.1. The zero-order valence-corrected chi connectivity index (χ0v) is 14.5. The van der Waals surface area contributed by atoms with Gasteiger partial charge in [0.05, 0.1) is 23.1 Å². The van der Waals surface area contributed by atoms with Crippen LogP contribution in [0.4, 0.5) is 4.39 Å². The van der Waals surface area contributed by atoms with E-state index in [1.54, 1.807) is 10.4 Å². The van der Waals surface area contributed by atoms with E-state index in [4.69, 9.17) is 11.6 Å². The molecule has 0 N–H and O–H groups in total. The summed E-state index contributed by atoms with van der Waals surface area (Å²) in [7, 11) is -3.56. The second-order valence-electron chi connectivity index (χ2n) is 6.49. The van der Waals surface area contributed by atoms with Crippen LogP contribution in [0.25, 0.3) is 5.69 Å². The fraction of sp³-hybridized carbons (Fsp3) is 0.438. The van der Waals surface area contributed by atoms with Gasteiger partial charge in [-0.2, -0.15) is 9.40 Å². The van der Waals surface area contributed by atoms with Gasteiger partial charge < -0.3 is 0 Å². The summed E-state index contributed by atoms with van der Waals surface area (Å²) in [6.07, 6.45) is 6.16. The summed E-state index contributed by atoms with van der Waals surface area (Å²) in [5, 5.41) is 4.08. The number of fused-ring (bicyclic) bond motifs is 1. The van der Waals surface area contributed by atoms with Crippen LogP contribution in [0.3, 0.4) is 0 Å². The molecule has 2 heterocycles. The SMILES string of the molecule is O=S(=O)(c1cnn(-c2ccc(Cl)c(F)c2)c1)N1C[C@H]2CCC[C@H]2C1. The largest absolute Gasteiger partial charge is 0.246 e. The van der Waals surface area contributed by atoms with Gasteiger partial charge in [-0.15, -0.1) is 0 Å². The molecule has 0 spiro atoms. The zero-order valence-electron chi connectivity index (χ0n) is 12.9. The predicted molar refractivity (Wildman–Crippen MR) is 88.1 cm³/mol. The lowest BCUT2D eigenvalue weighted by atomic mass is 10.0. The van der Waals surface area contributed by atoms with Gasteiger partial charge in [-0.1, -0.05) is 18.0 Å². The number of aromatic nitrogens is 2. The maximum Gasteiger partial charge on any atom is 0.246 e. The Bertz CT molecular complexity index is 871. The molecule has 0 unspecified atom stereocenters. The van der Waals surface area contributed by atoms with Crippen LogP contribution in [0, 0.1) is 17.7 Å². The third-order valence-electron chi connectivity index (χ3n) is 5.06. The molecule has 1 aromatic heterocycles. The van der Waals surface area contributed by atoms with E-state index in [2.05, 4.69) is 5.10 Å². The maximum absolute atomic E-state index is 13.6. The van der Waals surface area contributed by atoms with Gasteiger partial charge in [-0.25, -0.2) is 17.5 Å². The van der Waals surface area contributed by atoms with Crippen molar-refractivity contribution in [3.05, 3.63) is 41.4 Å². The Labute approximate surface area is 145 Å². The number of halogens is 2. The van der Waals surface area contributed by atoms with Gasteiger partial charge in [0.1, 0.15) is 10.7 Å². The molecule has 2 aliphatic rings. The lowest BCUT2D eigenvalue weighted by molar-refractivity contribution is 0.445. The molecular weight excluding hydrogens is 353 g/mol. The van der Waals surface area contributed by atoms with Crippen molar-refractivity contribution < 1.29 is 12.8 Å². The molecule has 24 heavy (non-hydrogen) atoms. The highest BCUT2D eigenvalue weighted by molar-refractivity contribution is 7.89. The molecule has 2 aromatic rings. The molecule has 2 fully saturated rings.